The summed E-state index contributed by atoms with van der Waals surface area (Å²) >= 11 is 12.1. The SMILES string of the molecule is O=C(CCC1CCNCC1)N(Cc1ccc(Cl)c(Cl)c1)C1CC1. The molecule has 1 saturated heterocycles. The number of benzene rings is 1. The second kappa shape index (κ2) is 7.87. The van der Waals surface area contributed by atoms with Gasteiger partial charge in [0.25, 0.3) is 0 Å². The molecule has 1 heterocycles. The lowest BCUT2D eigenvalue weighted by molar-refractivity contribution is -0.132. The lowest BCUT2D eigenvalue weighted by Crippen LogP contribution is -2.33. The van der Waals surface area contributed by atoms with E-state index in [1.54, 1.807) is 0 Å². The Balaban J connectivity index is 1.57. The molecule has 2 fully saturated rings. The van der Waals surface area contributed by atoms with Crippen molar-refractivity contribution in [2.75, 3.05) is 13.1 Å². The number of halogens is 2. The van der Waals surface area contributed by atoms with Crippen molar-refractivity contribution in [3.8, 4) is 0 Å². The van der Waals surface area contributed by atoms with Crippen LogP contribution in [0, 0.1) is 5.92 Å². The molecule has 1 amide bonds. The quantitative estimate of drug-likeness (QED) is 0.827. The molecule has 2 aliphatic rings. The molecule has 0 aromatic heterocycles. The van der Waals surface area contributed by atoms with Crippen LogP contribution in [0.3, 0.4) is 0 Å². The number of nitrogens with zero attached hydrogens (tertiary/aromatic N) is 1. The van der Waals surface area contributed by atoms with Crippen molar-refractivity contribution in [1.82, 2.24) is 10.2 Å². The monoisotopic (exact) mass is 354 g/mol. The van der Waals surface area contributed by atoms with Crippen molar-refractivity contribution < 1.29 is 4.79 Å². The van der Waals surface area contributed by atoms with Crippen LogP contribution in [0.4, 0.5) is 0 Å². The van der Waals surface area contributed by atoms with Crippen molar-refractivity contribution in [2.24, 2.45) is 5.92 Å². The maximum Gasteiger partial charge on any atom is 0.223 e. The first-order valence-corrected chi connectivity index (χ1v) is 9.33. The molecule has 1 aromatic rings. The van der Waals surface area contributed by atoms with Gasteiger partial charge >= 0.3 is 0 Å². The van der Waals surface area contributed by atoms with Crippen LogP contribution < -0.4 is 5.32 Å². The van der Waals surface area contributed by atoms with E-state index >= 15 is 0 Å². The zero-order chi connectivity index (χ0) is 16.2. The van der Waals surface area contributed by atoms with Crippen LogP contribution in [-0.2, 0) is 11.3 Å². The Morgan fingerprint density at radius 1 is 1.13 bits per heavy atom. The number of hydrogen-bond donors (Lipinski definition) is 1. The number of carbonyl (C=O) groups is 1. The highest BCUT2D eigenvalue weighted by Crippen LogP contribution is 2.31. The highest BCUT2D eigenvalue weighted by atomic mass is 35.5. The molecule has 1 aliphatic heterocycles. The maximum atomic E-state index is 12.7. The normalized spacial score (nSPS) is 18.9. The van der Waals surface area contributed by atoms with Crippen LogP contribution in [0.1, 0.15) is 44.1 Å². The van der Waals surface area contributed by atoms with Gasteiger partial charge in [-0.15, -0.1) is 0 Å². The Bertz CT molecular complexity index is 554. The molecule has 126 valence electrons. The molecule has 3 rings (SSSR count). The Hall–Kier alpha value is -0.770. The molecule has 23 heavy (non-hydrogen) atoms. The van der Waals surface area contributed by atoms with Crippen molar-refractivity contribution in [1.29, 1.82) is 0 Å². The largest absolute Gasteiger partial charge is 0.335 e. The molecule has 1 N–H and O–H groups in total. The predicted molar refractivity (Wildman–Crippen MR) is 94.9 cm³/mol. The summed E-state index contributed by atoms with van der Waals surface area (Å²) in [7, 11) is 0. The van der Waals surface area contributed by atoms with Gasteiger partial charge in [-0.3, -0.25) is 4.79 Å². The van der Waals surface area contributed by atoms with E-state index in [-0.39, 0.29) is 5.91 Å². The van der Waals surface area contributed by atoms with Gasteiger partial charge in [0.15, 0.2) is 0 Å². The summed E-state index contributed by atoms with van der Waals surface area (Å²) in [4.78, 5) is 14.7. The van der Waals surface area contributed by atoms with Crippen LogP contribution >= 0.6 is 23.2 Å². The van der Waals surface area contributed by atoms with Crippen LogP contribution in [0.25, 0.3) is 0 Å². The van der Waals surface area contributed by atoms with Gasteiger partial charge in [0, 0.05) is 19.0 Å². The second-order valence-corrected chi connectivity index (χ2v) is 7.55. The number of piperidine rings is 1. The summed E-state index contributed by atoms with van der Waals surface area (Å²) in [5.41, 5.74) is 1.06. The number of amides is 1. The topological polar surface area (TPSA) is 32.3 Å². The predicted octanol–water partition coefficient (Wildman–Crippen LogP) is 4.26. The molecular weight excluding hydrogens is 331 g/mol. The van der Waals surface area contributed by atoms with Crippen molar-refractivity contribution in [3.05, 3.63) is 33.8 Å². The molecule has 1 saturated carbocycles. The standard InChI is InChI=1S/C18H24Cl2N2O/c19-16-5-1-14(11-17(16)20)12-22(15-3-4-15)18(23)6-2-13-7-9-21-10-8-13/h1,5,11,13,15,21H,2-4,6-10,12H2. The van der Waals surface area contributed by atoms with E-state index in [1.807, 2.05) is 23.1 Å². The minimum Gasteiger partial charge on any atom is -0.335 e. The number of hydrogen-bond acceptors (Lipinski definition) is 2. The third-order valence-electron chi connectivity index (χ3n) is 4.87. The summed E-state index contributed by atoms with van der Waals surface area (Å²) in [5, 5.41) is 4.50. The van der Waals surface area contributed by atoms with E-state index in [9.17, 15) is 4.79 Å². The zero-order valence-electron chi connectivity index (χ0n) is 13.4. The van der Waals surface area contributed by atoms with Gasteiger partial charge in [-0.2, -0.15) is 0 Å². The van der Waals surface area contributed by atoms with Gasteiger partial charge in [0.1, 0.15) is 0 Å². The smallest absolute Gasteiger partial charge is 0.223 e. The first-order chi connectivity index (χ1) is 11.1. The van der Waals surface area contributed by atoms with Crippen molar-refractivity contribution >= 4 is 29.1 Å². The van der Waals surface area contributed by atoms with Crippen LogP contribution in [-0.4, -0.2) is 29.9 Å². The summed E-state index contributed by atoms with van der Waals surface area (Å²) < 4.78 is 0. The van der Waals surface area contributed by atoms with Gasteiger partial charge in [-0.1, -0.05) is 29.3 Å². The number of carbonyl (C=O) groups excluding carboxylic acids is 1. The van der Waals surface area contributed by atoms with Crippen LogP contribution in [0.15, 0.2) is 18.2 Å². The summed E-state index contributed by atoms with van der Waals surface area (Å²) in [5.74, 6) is 0.989. The van der Waals surface area contributed by atoms with Gasteiger partial charge < -0.3 is 10.2 Å². The minimum absolute atomic E-state index is 0.289. The van der Waals surface area contributed by atoms with Gasteiger partial charge in [-0.25, -0.2) is 0 Å². The van der Waals surface area contributed by atoms with E-state index < -0.39 is 0 Å². The first-order valence-electron chi connectivity index (χ1n) is 8.57. The van der Waals surface area contributed by atoms with Crippen molar-refractivity contribution in [3.63, 3.8) is 0 Å². The molecule has 0 unspecified atom stereocenters. The average molecular weight is 355 g/mol. The molecule has 3 nitrogen and oxygen atoms in total. The van der Waals surface area contributed by atoms with E-state index in [0.29, 0.717) is 35.0 Å². The van der Waals surface area contributed by atoms with Crippen LogP contribution in [0.2, 0.25) is 10.0 Å². The van der Waals surface area contributed by atoms with Gasteiger partial charge in [0.05, 0.1) is 10.0 Å². The summed E-state index contributed by atoms with van der Waals surface area (Å²) in [6.45, 7) is 2.83. The lowest BCUT2D eigenvalue weighted by Gasteiger charge is -2.26. The molecule has 0 spiro atoms. The highest BCUT2D eigenvalue weighted by Gasteiger charge is 2.32. The minimum atomic E-state index is 0.289. The van der Waals surface area contributed by atoms with Crippen molar-refractivity contribution in [2.45, 2.75) is 51.1 Å². The number of nitrogens with one attached hydrogen (secondary N) is 1. The molecular formula is C18H24Cl2N2O. The fourth-order valence-electron chi connectivity index (χ4n) is 3.28. The molecule has 0 atom stereocenters. The molecule has 5 heteroatoms. The Kier molecular flexibility index (Phi) is 5.84. The maximum absolute atomic E-state index is 12.7. The van der Waals surface area contributed by atoms with Gasteiger partial charge in [0.2, 0.25) is 5.91 Å². The Morgan fingerprint density at radius 2 is 1.87 bits per heavy atom. The lowest BCUT2D eigenvalue weighted by atomic mass is 9.93. The summed E-state index contributed by atoms with van der Waals surface area (Å²) in [6, 6.07) is 6.07. The van der Waals surface area contributed by atoms with E-state index in [0.717, 1.165) is 37.9 Å². The molecule has 1 aromatic carbocycles. The number of rotatable bonds is 6. The van der Waals surface area contributed by atoms with Gasteiger partial charge in [-0.05, 0) is 68.8 Å². The zero-order valence-corrected chi connectivity index (χ0v) is 14.9. The van der Waals surface area contributed by atoms with E-state index in [2.05, 4.69) is 5.32 Å². The third kappa shape index (κ3) is 4.85. The Morgan fingerprint density at radius 3 is 2.52 bits per heavy atom. The molecule has 0 radical (unpaired) electrons. The average Bonchev–Trinajstić information content (AvgIpc) is 3.39. The highest BCUT2D eigenvalue weighted by molar-refractivity contribution is 6.42. The molecule has 1 aliphatic carbocycles. The van der Waals surface area contributed by atoms with Crippen LogP contribution in [0.5, 0.6) is 0 Å². The first kappa shape index (κ1) is 17.1. The Labute approximate surface area is 148 Å². The fraction of sp³-hybridized carbons (Fsp3) is 0.611. The molecule has 0 bridgehead atoms. The fourth-order valence-corrected chi connectivity index (χ4v) is 3.60. The second-order valence-electron chi connectivity index (χ2n) is 6.73. The van der Waals surface area contributed by atoms with E-state index in [4.69, 9.17) is 23.2 Å². The summed E-state index contributed by atoms with van der Waals surface area (Å²) in [6.07, 6.45) is 6.33. The third-order valence-corrected chi connectivity index (χ3v) is 5.61. The van der Waals surface area contributed by atoms with E-state index in [1.165, 1.54) is 12.8 Å².